The van der Waals surface area contributed by atoms with Crippen molar-refractivity contribution in [3.8, 4) is 22.6 Å². The van der Waals surface area contributed by atoms with E-state index in [1.54, 1.807) is 31.4 Å². The molecule has 0 saturated heterocycles. The molecule has 7 heteroatoms. The average molecular weight is 567 g/mol. The molecule has 0 bridgehead atoms. The molecule has 0 radical (unpaired) electrons. The average Bonchev–Trinajstić information content (AvgIpc) is 3.33. The SMILES string of the molecule is COc1cc(OC(=O)c2ccccc2SC)ccc1-c1ccc2c3c1CN(c1cc(F)ccc1C)C3=CC(C)(C)N2. The minimum absolute atomic E-state index is 0.261. The van der Waals surface area contributed by atoms with E-state index >= 15 is 0 Å². The summed E-state index contributed by atoms with van der Waals surface area (Å²) < 4.78 is 26.0. The Morgan fingerprint density at radius 3 is 2.59 bits per heavy atom. The third kappa shape index (κ3) is 4.84. The molecular formula is C34H31FN2O3S. The fraction of sp³-hybridized carbons (Fsp3) is 0.206. The lowest BCUT2D eigenvalue weighted by Crippen LogP contribution is -2.33. The van der Waals surface area contributed by atoms with Crippen LogP contribution in [0, 0.1) is 12.7 Å². The molecule has 2 aliphatic heterocycles. The molecule has 0 amide bonds. The number of thioether (sulfide) groups is 1. The van der Waals surface area contributed by atoms with Gasteiger partial charge in [0.2, 0.25) is 0 Å². The summed E-state index contributed by atoms with van der Waals surface area (Å²) in [5.74, 6) is 0.325. The van der Waals surface area contributed by atoms with Crippen molar-refractivity contribution < 1.29 is 18.7 Å². The summed E-state index contributed by atoms with van der Waals surface area (Å²) >= 11 is 1.50. The van der Waals surface area contributed by atoms with Crippen LogP contribution in [0.2, 0.25) is 0 Å². The van der Waals surface area contributed by atoms with Gasteiger partial charge in [0.05, 0.1) is 18.2 Å². The van der Waals surface area contributed by atoms with Crippen LogP contribution in [0.4, 0.5) is 15.8 Å². The molecule has 6 rings (SSSR count). The van der Waals surface area contributed by atoms with E-state index in [0.717, 1.165) is 49.8 Å². The summed E-state index contributed by atoms with van der Waals surface area (Å²) in [4.78, 5) is 16.0. The van der Waals surface area contributed by atoms with Crippen LogP contribution >= 0.6 is 11.8 Å². The van der Waals surface area contributed by atoms with Crippen LogP contribution in [0.15, 0.2) is 83.8 Å². The highest BCUT2D eigenvalue weighted by atomic mass is 32.2. The summed E-state index contributed by atoms with van der Waals surface area (Å²) in [6, 6.07) is 22.0. The van der Waals surface area contributed by atoms with Crippen molar-refractivity contribution in [3.05, 3.63) is 107 Å². The van der Waals surface area contributed by atoms with Crippen LogP contribution in [0.3, 0.4) is 0 Å². The third-order valence-corrected chi connectivity index (χ3v) is 8.39. The van der Waals surface area contributed by atoms with Crippen molar-refractivity contribution in [2.45, 2.75) is 37.8 Å². The van der Waals surface area contributed by atoms with E-state index in [4.69, 9.17) is 9.47 Å². The predicted octanol–water partition coefficient (Wildman–Crippen LogP) is 8.32. The number of anilines is 2. The first-order chi connectivity index (χ1) is 19.7. The van der Waals surface area contributed by atoms with Gasteiger partial charge in [0.15, 0.2) is 0 Å². The minimum Gasteiger partial charge on any atom is -0.496 e. The molecule has 2 aliphatic rings. The van der Waals surface area contributed by atoms with Crippen molar-refractivity contribution in [1.82, 2.24) is 0 Å². The zero-order chi connectivity index (χ0) is 28.9. The molecule has 0 atom stereocenters. The van der Waals surface area contributed by atoms with Gasteiger partial charge in [-0.1, -0.05) is 24.3 Å². The number of nitrogens with one attached hydrogen (secondary N) is 1. The first kappa shape index (κ1) is 27.0. The molecule has 0 spiro atoms. The summed E-state index contributed by atoms with van der Waals surface area (Å²) in [5, 5.41) is 3.64. The summed E-state index contributed by atoms with van der Waals surface area (Å²) in [7, 11) is 1.61. The van der Waals surface area contributed by atoms with Gasteiger partial charge in [-0.05, 0) is 92.3 Å². The largest absolute Gasteiger partial charge is 0.496 e. The van der Waals surface area contributed by atoms with Gasteiger partial charge in [-0.3, -0.25) is 0 Å². The van der Waals surface area contributed by atoms with Crippen LogP contribution < -0.4 is 19.7 Å². The maximum atomic E-state index is 14.4. The van der Waals surface area contributed by atoms with Gasteiger partial charge in [0.25, 0.3) is 0 Å². The van der Waals surface area contributed by atoms with Crippen molar-refractivity contribution in [2.24, 2.45) is 0 Å². The lowest BCUT2D eigenvalue weighted by Gasteiger charge is -2.33. The van der Waals surface area contributed by atoms with E-state index in [-0.39, 0.29) is 11.4 Å². The van der Waals surface area contributed by atoms with Crippen LogP contribution in [0.25, 0.3) is 16.8 Å². The van der Waals surface area contributed by atoms with Gasteiger partial charge in [0.1, 0.15) is 17.3 Å². The Hall–Kier alpha value is -4.23. The highest BCUT2D eigenvalue weighted by Gasteiger charge is 2.37. The maximum absolute atomic E-state index is 14.4. The smallest absolute Gasteiger partial charge is 0.344 e. The number of hydrogen-bond donors (Lipinski definition) is 1. The highest BCUT2D eigenvalue weighted by Crippen LogP contribution is 2.50. The number of esters is 1. The highest BCUT2D eigenvalue weighted by molar-refractivity contribution is 7.98. The van der Waals surface area contributed by atoms with Crippen LogP contribution in [0.1, 0.15) is 40.9 Å². The van der Waals surface area contributed by atoms with Crippen LogP contribution in [-0.2, 0) is 6.54 Å². The van der Waals surface area contributed by atoms with E-state index in [9.17, 15) is 9.18 Å². The van der Waals surface area contributed by atoms with Gasteiger partial charge in [-0.2, -0.15) is 0 Å². The molecule has 5 nitrogen and oxygen atoms in total. The molecule has 4 aromatic rings. The van der Waals surface area contributed by atoms with E-state index in [1.807, 2.05) is 43.5 Å². The Bertz CT molecular complexity index is 1730. The summed E-state index contributed by atoms with van der Waals surface area (Å²) in [6.07, 6.45) is 4.15. The number of nitrogens with zero attached hydrogens (tertiary/aromatic N) is 1. The number of carbonyl (C=O) groups excluding carboxylic acids is 1. The Kier molecular flexibility index (Phi) is 6.78. The van der Waals surface area contributed by atoms with Crippen molar-refractivity contribution in [3.63, 3.8) is 0 Å². The molecule has 0 unspecified atom stereocenters. The second-order valence-corrected chi connectivity index (χ2v) is 11.7. The predicted molar refractivity (Wildman–Crippen MR) is 165 cm³/mol. The first-order valence-corrected chi connectivity index (χ1v) is 14.7. The zero-order valence-corrected chi connectivity index (χ0v) is 24.5. The zero-order valence-electron chi connectivity index (χ0n) is 23.7. The number of methoxy groups -OCH3 is 1. The van der Waals surface area contributed by atoms with Crippen LogP contribution in [0.5, 0.6) is 11.5 Å². The normalized spacial score (nSPS) is 14.7. The molecule has 4 aromatic carbocycles. The topological polar surface area (TPSA) is 50.8 Å². The monoisotopic (exact) mass is 566 g/mol. The standard InChI is InChI=1S/C34H31FN2O3S/c1-20-10-11-21(35)16-28(20)37-19-26-23(14-15-27-32(26)29(37)18-34(2,3)36-27)24-13-12-22(17-30(24)39-4)40-33(38)25-8-6-7-9-31(25)41-5/h6-18,36H,19H2,1-5H3. The molecule has 0 fully saturated rings. The quantitative estimate of drug-likeness (QED) is 0.144. The summed E-state index contributed by atoms with van der Waals surface area (Å²) in [6.45, 7) is 6.85. The summed E-state index contributed by atoms with van der Waals surface area (Å²) in [5.41, 5.74) is 8.33. The third-order valence-electron chi connectivity index (χ3n) is 7.59. The number of benzene rings is 4. The van der Waals surface area contributed by atoms with Crippen molar-refractivity contribution in [1.29, 1.82) is 0 Å². The van der Waals surface area contributed by atoms with Crippen molar-refractivity contribution >= 4 is 34.8 Å². The Morgan fingerprint density at radius 2 is 1.80 bits per heavy atom. The Morgan fingerprint density at radius 1 is 1.02 bits per heavy atom. The fourth-order valence-electron chi connectivity index (χ4n) is 5.74. The van der Waals surface area contributed by atoms with Gasteiger partial charge in [-0.15, -0.1) is 11.8 Å². The molecule has 41 heavy (non-hydrogen) atoms. The Labute approximate surface area is 244 Å². The van der Waals surface area contributed by atoms with Gasteiger partial charge >= 0.3 is 5.97 Å². The second-order valence-electron chi connectivity index (χ2n) is 10.9. The lowest BCUT2D eigenvalue weighted by atomic mass is 9.89. The number of aryl methyl sites for hydroxylation is 1. The van der Waals surface area contributed by atoms with E-state index < -0.39 is 5.97 Å². The molecule has 0 aliphatic carbocycles. The van der Waals surface area contributed by atoms with Crippen molar-refractivity contribution in [2.75, 3.05) is 23.6 Å². The number of hydrogen-bond acceptors (Lipinski definition) is 6. The van der Waals surface area contributed by atoms with Gasteiger partial charge in [-0.25, -0.2) is 9.18 Å². The molecule has 0 saturated carbocycles. The second kappa shape index (κ2) is 10.3. The minimum atomic E-state index is -0.415. The van der Waals surface area contributed by atoms with Crippen LogP contribution in [-0.4, -0.2) is 24.9 Å². The fourth-order valence-corrected chi connectivity index (χ4v) is 6.32. The van der Waals surface area contributed by atoms with Gasteiger partial charge < -0.3 is 19.7 Å². The number of carbonyl (C=O) groups is 1. The first-order valence-electron chi connectivity index (χ1n) is 13.4. The molecule has 1 N–H and O–H groups in total. The lowest BCUT2D eigenvalue weighted by molar-refractivity contribution is 0.0731. The van der Waals surface area contributed by atoms with E-state index in [1.165, 1.54) is 17.8 Å². The van der Waals surface area contributed by atoms with Gasteiger partial charge in [0, 0.05) is 45.7 Å². The maximum Gasteiger partial charge on any atom is 0.344 e. The van der Waals surface area contributed by atoms with E-state index in [2.05, 4.69) is 42.3 Å². The molecule has 0 aromatic heterocycles. The number of ether oxygens (including phenoxy) is 2. The molecule has 208 valence electrons. The molecule has 2 heterocycles. The number of rotatable bonds is 6. The van der Waals surface area contributed by atoms with E-state index in [0.29, 0.717) is 23.6 Å². The molecular weight excluding hydrogens is 535 g/mol. The Balaban J connectivity index is 1.41. The number of halogens is 1.